The van der Waals surface area contributed by atoms with E-state index in [9.17, 15) is 4.79 Å². The van der Waals surface area contributed by atoms with Crippen LogP contribution in [-0.2, 0) is 4.79 Å². The number of carbonyl (C=O) groups excluding carboxylic acids is 1. The number of rotatable bonds is 3. The molecule has 0 aliphatic carbocycles. The van der Waals surface area contributed by atoms with Gasteiger partial charge in [0.2, 0.25) is 8.07 Å². The Morgan fingerprint density at radius 3 is 1.42 bits per heavy atom. The topological polar surface area (TPSA) is 17.1 Å². The Kier molecular flexibility index (Phi) is 3.72. The van der Waals surface area contributed by atoms with Crippen molar-refractivity contribution in [2.24, 2.45) is 0 Å². The van der Waals surface area contributed by atoms with Crippen molar-refractivity contribution in [3.63, 3.8) is 0 Å². The van der Waals surface area contributed by atoms with Crippen molar-refractivity contribution in [2.45, 2.75) is 25.8 Å². The van der Waals surface area contributed by atoms with Crippen molar-refractivity contribution in [3.05, 3.63) is 60.7 Å². The van der Waals surface area contributed by atoms with E-state index in [-0.39, 0.29) is 5.04 Å². The first-order valence-corrected chi connectivity index (χ1v) is 8.53. The minimum atomic E-state index is -2.53. The van der Waals surface area contributed by atoms with E-state index >= 15 is 0 Å². The lowest BCUT2D eigenvalue weighted by Gasteiger charge is -2.38. The molecule has 1 nitrogen and oxygen atoms in total. The molecule has 0 aliphatic rings. The molecular formula is C17H19OSi. The number of hydrogen-bond donors (Lipinski definition) is 0. The Labute approximate surface area is 116 Å². The largest absolute Gasteiger partial charge is 0.296 e. The van der Waals surface area contributed by atoms with Gasteiger partial charge in [-0.2, -0.15) is 0 Å². The molecule has 0 N–H and O–H groups in total. The lowest BCUT2D eigenvalue weighted by atomic mass is 10.2. The summed E-state index contributed by atoms with van der Waals surface area (Å²) in [7, 11) is -2.53. The van der Waals surface area contributed by atoms with Gasteiger partial charge in [-0.1, -0.05) is 81.4 Å². The van der Waals surface area contributed by atoms with Crippen molar-refractivity contribution in [2.75, 3.05) is 0 Å². The average molecular weight is 267 g/mol. The summed E-state index contributed by atoms with van der Waals surface area (Å²) in [6.07, 6.45) is 0. The van der Waals surface area contributed by atoms with Gasteiger partial charge in [0, 0.05) is 0 Å². The molecule has 0 fully saturated rings. The highest BCUT2D eigenvalue weighted by molar-refractivity contribution is 7.20. The van der Waals surface area contributed by atoms with Crippen LogP contribution in [0.15, 0.2) is 60.7 Å². The molecule has 0 aliphatic heterocycles. The van der Waals surface area contributed by atoms with Crippen LogP contribution >= 0.6 is 0 Å². The first kappa shape index (κ1) is 13.8. The van der Waals surface area contributed by atoms with E-state index in [0.717, 1.165) is 10.4 Å². The first-order valence-electron chi connectivity index (χ1n) is 6.53. The van der Waals surface area contributed by atoms with Crippen molar-refractivity contribution in [1.82, 2.24) is 0 Å². The smallest absolute Gasteiger partial charge is 0.208 e. The lowest BCUT2D eigenvalue weighted by molar-refractivity contribution is 0.564. The molecular weight excluding hydrogens is 248 g/mol. The summed E-state index contributed by atoms with van der Waals surface area (Å²) >= 11 is 0. The van der Waals surface area contributed by atoms with Gasteiger partial charge in [0.15, 0.2) is 5.91 Å². The molecule has 0 amide bonds. The predicted molar refractivity (Wildman–Crippen MR) is 83.3 cm³/mol. The van der Waals surface area contributed by atoms with Gasteiger partial charge in [-0.25, -0.2) is 0 Å². The van der Waals surface area contributed by atoms with E-state index in [2.05, 4.69) is 50.9 Å². The molecule has 0 saturated carbocycles. The Hall–Kier alpha value is -1.67. The van der Waals surface area contributed by atoms with Crippen LogP contribution in [-0.4, -0.2) is 14.0 Å². The van der Waals surface area contributed by atoms with Crippen LogP contribution in [0.3, 0.4) is 0 Å². The van der Waals surface area contributed by atoms with Gasteiger partial charge >= 0.3 is 0 Å². The van der Waals surface area contributed by atoms with Gasteiger partial charge in [0.25, 0.3) is 0 Å². The molecule has 19 heavy (non-hydrogen) atoms. The third kappa shape index (κ3) is 2.28. The van der Waals surface area contributed by atoms with Crippen LogP contribution in [0.25, 0.3) is 0 Å². The Balaban J connectivity index is 2.74. The quantitative estimate of drug-likeness (QED) is 0.782. The normalized spacial score (nSPS) is 12.2. The summed E-state index contributed by atoms with van der Waals surface area (Å²) in [6, 6.07) is 20.2. The van der Waals surface area contributed by atoms with E-state index in [1.165, 1.54) is 0 Å². The fraction of sp³-hybridized carbons (Fsp3) is 0.235. The van der Waals surface area contributed by atoms with E-state index in [1.54, 1.807) is 0 Å². The van der Waals surface area contributed by atoms with Crippen LogP contribution in [0.1, 0.15) is 20.8 Å². The molecule has 0 bridgehead atoms. The third-order valence-corrected chi connectivity index (χ3v) is 8.65. The molecule has 0 spiro atoms. The van der Waals surface area contributed by atoms with Gasteiger partial charge in [-0.3, -0.25) is 4.79 Å². The zero-order valence-corrected chi connectivity index (χ0v) is 12.7. The second-order valence-electron chi connectivity index (χ2n) is 5.83. The van der Waals surface area contributed by atoms with Crippen LogP contribution in [0, 0.1) is 0 Å². The molecule has 2 aromatic carbocycles. The fourth-order valence-corrected chi connectivity index (χ4v) is 6.67. The van der Waals surface area contributed by atoms with Crippen molar-refractivity contribution >= 4 is 24.4 Å². The maximum absolute atomic E-state index is 12.0. The molecule has 2 rings (SSSR count). The van der Waals surface area contributed by atoms with Gasteiger partial charge in [0.05, 0.1) is 0 Å². The highest BCUT2D eigenvalue weighted by atomic mass is 28.3. The minimum absolute atomic E-state index is 0.114. The monoisotopic (exact) mass is 267 g/mol. The van der Waals surface area contributed by atoms with E-state index < -0.39 is 8.07 Å². The highest BCUT2D eigenvalue weighted by Crippen LogP contribution is 2.34. The molecule has 2 aromatic rings. The van der Waals surface area contributed by atoms with Gasteiger partial charge in [0.1, 0.15) is 0 Å². The second-order valence-corrected chi connectivity index (χ2v) is 10.2. The van der Waals surface area contributed by atoms with Gasteiger partial charge in [-0.15, -0.1) is 0 Å². The summed E-state index contributed by atoms with van der Waals surface area (Å²) in [5, 5.41) is 2.14. The summed E-state index contributed by atoms with van der Waals surface area (Å²) in [4.78, 5) is 12.0. The minimum Gasteiger partial charge on any atom is -0.296 e. The summed E-state index contributed by atoms with van der Waals surface area (Å²) < 4.78 is 0. The zero-order chi connectivity index (χ0) is 13.9. The summed E-state index contributed by atoms with van der Waals surface area (Å²) in [5.41, 5.74) is 0. The van der Waals surface area contributed by atoms with Gasteiger partial charge in [-0.05, 0) is 15.4 Å². The third-order valence-electron chi connectivity index (χ3n) is 3.69. The molecule has 0 atom stereocenters. The highest BCUT2D eigenvalue weighted by Gasteiger charge is 2.49. The predicted octanol–water partition coefficient (Wildman–Crippen LogP) is 2.70. The van der Waals surface area contributed by atoms with Crippen LogP contribution < -0.4 is 10.4 Å². The molecule has 0 aromatic heterocycles. The zero-order valence-electron chi connectivity index (χ0n) is 11.7. The van der Waals surface area contributed by atoms with E-state index in [1.807, 2.05) is 36.4 Å². The maximum atomic E-state index is 12.0. The van der Waals surface area contributed by atoms with E-state index in [0.29, 0.717) is 0 Å². The number of hydrogen-bond acceptors (Lipinski definition) is 1. The summed E-state index contributed by atoms with van der Waals surface area (Å²) in [5.74, 6) is 2.48. The lowest BCUT2D eigenvalue weighted by Crippen LogP contribution is -2.66. The van der Waals surface area contributed by atoms with Crippen LogP contribution in [0.5, 0.6) is 0 Å². The standard InChI is InChI=1S/C17H19OSi/c1-17(2,3)19(14-18,15-10-6-4-7-11-15)16-12-8-5-9-13-16/h4-13H,1-3H3. The molecule has 1 radical (unpaired) electrons. The Bertz CT molecular complexity index is 501. The Morgan fingerprint density at radius 2 is 1.16 bits per heavy atom. The molecule has 2 heteroatoms. The molecule has 0 saturated heterocycles. The van der Waals surface area contributed by atoms with Gasteiger partial charge < -0.3 is 0 Å². The van der Waals surface area contributed by atoms with E-state index in [4.69, 9.17) is 0 Å². The number of benzene rings is 2. The first-order chi connectivity index (χ1) is 9.02. The Morgan fingerprint density at radius 1 is 0.789 bits per heavy atom. The van der Waals surface area contributed by atoms with Crippen LogP contribution in [0.4, 0.5) is 0 Å². The van der Waals surface area contributed by atoms with Crippen molar-refractivity contribution in [3.8, 4) is 0 Å². The van der Waals surface area contributed by atoms with Crippen molar-refractivity contribution in [1.29, 1.82) is 0 Å². The molecule has 0 unspecified atom stereocenters. The summed E-state index contributed by atoms with van der Waals surface area (Å²) in [6.45, 7) is 6.43. The average Bonchev–Trinajstić information content (AvgIpc) is 2.41. The van der Waals surface area contributed by atoms with Crippen LogP contribution in [0.2, 0.25) is 5.04 Å². The maximum Gasteiger partial charge on any atom is 0.208 e. The molecule has 97 valence electrons. The molecule has 0 heterocycles. The van der Waals surface area contributed by atoms with Crippen molar-refractivity contribution < 1.29 is 4.79 Å². The SMILES string of the molecule is CC(C)(C)[Si]([C]=O)(c1ccccc1)c1ccccc1. The second kappa shape index (κ2) is 5.14. The fourth-order valence-electron chi connectivity index (χ4n) is 2.68.